The number of hydrogen-bond acceptors (Lipinski definition) is 5. The minimum Gasteiger partial charge on any atom is -0.383 e. The third kappa shape index (κ3) is 4.12. The number of nitrogens with zero attached hydrogens (tertiary/aromatic N) is 3. The van der Waals surface area contributed by atoms with Crippen molar-refractivity contribution in [2.24, 2.45) is 0 Å². The summed E-state index contributed by atoms with van der Waals surface area (Å²) in [5.41, 5.74) is 2.27. The highest BCUT2D eigenvalue weighted by atomic mass is 32.1. The summed E-state index contributed by atoms with van der Waals surface area (Å²) in [6, 6.07) is 0.0863. The lowest BCUT2D eigenvalue weighted by molar-refractivity contribution is 0.197. The van der Waals surface area contributed by atoms with Crippen molar-refractivity contribution >= 4 is 11.3 Å². The maximum absolute atomic E-state index is 5.14. The molecule has 2 aromatic rings. The maximum atomic E-state index is 5.14. The Kier molecular flexibility index (Phi) is 5.90. The molecule has 1 N–H and O–H groups in total. The summed E-state index contributed by atoms with van der Waals surface area (Å²) in [6.07, 6.45) is 5.13. The van der Waals surface area contributed by atoms with E-state index in [1.807, 2.05) is 10.9 Å². The quantitative estimate of drug-likeness (QED) is 0.762. The maximum Gasteiger partial charge on any atom is 0.115 e. The van der Waals surface area contributed by atoms with Gasteiger partial charge in [0.05, 0.1) is 24.5 Å². The number of thiazole rings is 1. The molecule has 0 amide bonds. The van der Waals surface area contributed by atoms with Crippen LogP contribution in [0.25, 0.3) is 0 Å². The first-order chi connectivity index (χ1) is 10.2. The molecule has 0 radical (unpaired) electrons. The van der Waals surface area contributed by atoms with Crippen molar-refractivity contribution in [3.63, 3.8) is 0 Å². The molecule has 0 aliphatic carbocycles. The van der Waals surface area contributed by atoms with Gasteiger partial charge in [-0.1, -0.05) is 6.92 Å². The molecule has 6 heteroatoms. The first-order valence-corrected chi connectivity index (χ1v) is 8.16. The fraction of sp³-hybridized carbons (Fsp3) is 0.600. The topological polar surface area (TPSA) is 52.0 Å². The van der Waals surface area contributed by atoms with E-state index in [0.29, 0.717) is 6.61 Å². The molecule has 0 fully saturated rings. The van der Waals surface area contributed by atoms with Gasteiger partial charge in [-0.05, 0) is 20.3 Å². The fourth-order valence-electron chi connectivity index (χ4n) is 2.15. The van der Waals surface area contributed by atoms with Crippen LogP contribution in [0, 0.1) is 13.8 Å². The molecular formula is C15H24N4OS. The largest absolute Gasteiger partial charge is 0.383 e. The number of hydrogen-bond donors (Lipinski definition) is 1. The van der Waals surface area contributed by atoms with Gasteiger partial charge < -0.3 is 10.1 Å². The lowest BCUT2D eigenvalue weighted by Gasteiger charge is -2.14. The first-order valence-electron chi connectivity index (χ1n) is 7.34. The molecule has 1 atom stereocenters. The van der Waals surface area contributed by atoms with Crippen molar-refractivity contribution in [3.8, 4) is 0 Å². The molecule has 0 aliphatic heterocycles. The fourth-order valence-corrected chi connectivity index (χ4v) is 3.18. The van der Waals surface area contributed by atoms with Gasteiger partial charge in [-0.25, -0.2) is 4.98 Å². The van der Waals surface area contributed by atoms with Crippen molar-refractivity contribution in [2.75, 3.05) is 20.3 Å². The van der Waals surface area contributed by atoms with Crippen LogP contribution in [0.15, 0.2) is 12.4 Å². The van der Waals surface area contributed by atoms with Gasteiger partial charge in [0.25, 0.3) is 0 Å². The Morgan fingerprint density at radius 1 is 1.43 bits per heavy atom. The predicted molar refractivity (Wildman–Crippen MR) is 85.8 cm³/mol. The minimum atomic E-state index is 0.0863. The van der Waals surface area contributed by atoms with Gasteiger partial charge in [0, 0.05) is 36.8 Å². The Morgan fingerprint density at radius 3 is 2.86 bits per heavy atom. The van der Waals surface area contributed by atoms with Gasteiger partial charge >= 0.3 is 0 Å². The summed E-state index contributed by atoms with van der Waals surface area (Å²) < 4.78 is 7.13. The van der Waals surface area contributed by atoms with Gasteiger partial charge in [0.15, 0.2) is 0 Å². The van der Waals surface area contributed by atoms with E-state index >= 15 is 0 Å². The number of rotatable bonds is 8. The number of methoxy groups -OCH3 is 1. The second kappa shape index (κ2) is 7.68. The summed E-state index contributed by atoms with van der Waals surface area (Å²) >= 11 is 1.75. The molecule has 0 aromatic carbocycles. The average molecular weight is 308 g/mol. The van der Waals surface area contributed by atoms with E-state index in [0.717, 1.165) is 35.8 Å². The van der Waals surface area contributed by atoms with Crippen molar-refractivity contribution < 1.29 is 4.74 Å². The van der Waals surface area contributed by atoms with Gasteiger partial charge in [0.1, 0.15) is 5.01 Å². The molecule has 116 valence electrons. The molecule has 2 aromatic heterocycles. The highest BCUT2D eigenvalue weighted by Crippen LogP contribution is 2.27. The average Bonchev–Trinajstić information content (AvgIpc) is 3.03. The molecule has 2 rings (SSSR count). The lowest BCUT2D eigenvalue weighted by Crippen LogP contribution is -2.25. The van der Waals surface area contributed by atoms with Crippen LogP contribution in [0.3, 0.4) is 0 Å². The summed E-state index contributed by atoms with van der Waals surface area (Å²) in [6.45, 7) is 8.75. The van der Waals surface area contributed by atoms with Crippen LogP contribution in [0.1, 0.15) is 40.5 Å². The number of ether oxygens (including phenoxy) is 1. The zero-order valence-electron chi connectivity index (χ0n) is 13.2. The Balaban J connectivity index is 2.21. The van der Waals surface area contributed by atoms with Crippen LogP contribution in [0.2, 0.25) is 0 Å². The van der Waals surface area contributed by atoms with E-state index in [1.54, 1.807) is 18.4 Å². The Hall–Kier alpha value is -1.24. The second-order valence-corrected chi connectivity index (χ2v) is 6.35. The third-order valence-corrected chi connectivity index (χ3v) is 4.52. The van der Waals surface area contributed by atoms with Crippen molar-refractivity contribution in [2.45, 2.75) is 39.8 Å². The van der Waals surface area contributed by atoms with E-state index in [2.05, 4.69) is 37.4 Å². The molecule has 0 spiro atoms. The molecule has 2 heterocycles. The zero-order chi connectivity index (χ0) is 15.2. The molecule has 5 nitrogen and oxygen atoms in total. The SMILES string of the molecule is CCCn1cc(C(NCCOC)c2nc(C)c(C)s2)cn1. The summed E-state index contributed by atoms with van der Waals surface area (Å²) in [5.74, 6) is 0. The smallest absolute Gasteiger partial charge is 0.115 e. The second-order valence-electron chi connectivity index (χ2n) is 5.11. The number of aryl methyl sites for hydroxylation is 3. The Bertz CT molecular complexity index is 544. The van der Waals surface area contributed by atoms with E-state index in [9.17, 15) is 0 Å². The number of aromatic nitrogens is 3. The van der Waals surface area contributed by atoms with Gasteiger partial charge in [0.2, 0.25) is 0 Å². The Morgan fingerprint density at radius 2 is 2.24 bits per heavy atom. The molecular weight excluding hydrogens is 284 g/mol. The highest BCUT2D eigenvalue weighted by Gasteiger charge is 2.19. The molecule has 0 saturated carbocycles. The monoisotopic (exact) mass is 308 g/mol. The van der Waals surface area contributed by atoms with Crippen molar-refractivity contribution in [1.29, 1.82) is 0 Å². The summed E-state index contributed by atoms with van der Waals surface area (Å²) in [4.78, 5) is 5.97. The molecule has 0 saturated heterocycles. The lowest BCUT2D eigenvalue weighted by atomic mass is 10.1. The van der Waals surface area contributed by atoms with E-state index in [-0.39, 0.29) is 6.04 Å². The highest BCUT2D eigenvalue weighted by molar-refractivity contribution is 7.11. The summed E-state index contributed by atoms with van der Waals surface area (Å²) in [5, 5.41) is 9.05. The Labute approximate surface area is 130 Å². The molecule has 1 unspecified atom stereocenters. The van der Waals surface area contributed by atoms with Crippen molar-refractivity contribution in [1.82, 2.24) is 20.1 Å². The number of nitrogens with one attached hydrogen (secondary N) is 1. The van der Waals surface area contributed by atoms with E-state index < -0.39 is 0 Å². The van der Waals surface area contributed by atoms with Crippen LogP contribution in [0.4, 0.5) is 0 Å². The standard InChI is InChI=1S/C15H24N4OS/c1-5-7-19-10-13(9-17-19)14(16-6-8-20-4)15-18-11(2)12(3)21-15/h9-10,14,16H,5-8H2,1-4H3. The normalized spacial score (nSPS) is 12.8. The predicted octanol–water partition coefficient (Wildman–Crippen LogP) is 2.69. The van der Waals surface area contributed by atoms with E-state index in [4.69, 9.17) is 9.72 Å². The van der Waals surface area contributed by atoms with Crippen LogP contribution in [-0.2, 0) is 11.3 Å². The first kappa shape index (κ1) is 16.1. The molecule has 21 heavy (non-hydrogen) atoms. The van der Waals surface area contributed by atoms with Crippen LogP contribution in [0.5, 0.6) is 0 Å². The third-order valence-electron chi connectivity index (χ3n) is 3.39. The van der Waals surface area contributed by atoms with Crippen LogP contribution >= 0.6 is 11.3 Å². The van der Waals surface area contributed by atoms with Gasteiger partial charge in [-0.2, -0.15) is 5.10 Å². The minimum absolute atomic E-state index is 0.0863. The summed E-state index contributed by atoms with van der Waals surface area (Å²) in [7, 11) is 1.72. The molecule has 0 bridgehead atoms. The van der Waals surface area contributed by atoms with Gasteiger partial charge in [-0.3, -0.25) is 4.68 Å². The molecule has 0 aliphatic rings. The zero-order valence-corrected chi connectivity index (χ0v) is 14.0. The van der Waals surface area contributed by atoms with E-state index in [1.165, 1.54) is 4.88 Å². The van der Waals surface area contributed by atoms with Crippen LogP contribution in [-0.4, -0.2) is 35.0 Å². The van der Waals surface area contributed by atoms with Gasteiger partial charge in [-0.15, -0.1) is 11.3 Å². The van der Waals surface area contributed by atoms with Crippen molar-refractivity contribution in [3.05, 3.63) is 33.5 Å². The van der Waals surface area contributed by atoms with Crippen LogP contribution < -0.4 is 5.32 Å².